The number of nitrogen functional groups attached to an aromatic ring is 1. The number of nitrogens with two attached hydrogens (primary N) is 1. The zero-order chi connectivity index (χ0) is 22.2. The van der Waals surface area contributed by atoms with E-state index in [1.165, 1.54) is 23.8 Å². The topological polar surface area (TPSA) is 103 Å². The maximum atomic E-state index is 13.9. The van der Waals surface area contributed by atoms with Crippen LogP contribution in [0.2, 0.25) is 0 Å². The fourth-order valence-corrected chi connectivity index (χ4v) is 3.19. The molecule has 0 saturated carbocycles. The Kier molecular flexibility index (Phi) is 7.45. The summed E-state index contributed by atoms with van der Waals surface area (Å²) in [5.74, 6) is -0.315. The number of hydrogen-bond acceptors (Lipinski definition) is 6. The van der Waals surface area contributed by atoms with Gasteiger partial charge < -0.3 is 20.1 Å². The fraction of sp³-hybridized carbons (Fsp3) is 0.273. The van der Waals surface area contributed by atoms with Gasteiger partial charge in [0, 0.05) is 13.7 Å². The maximum absolute atomic E-state index is 13.9. The molecule has 0 fully saturated rings. The predicted octanol–water partition coefficient (Wildman–Crippen LogP) is 1.99. The minimum atomic E-state index is -0.606. The van der Waals surface area contributed by atoms with Crippen LogP contribution in [-0.4, -0.2) is 36.4 Å². The standard InChI is InChI=1S/C22H25FN4O4/c1-30-13-12-27-20(24)19(21(28)25-22(27)29)26(15-16-7-3-2-4-8-16)11-14-31-18-10-6-5-9-17(18)23/h2-10H,11-15,24H2,1H3,(H,25,28,29). The molecule has 0 aliphatic heterocycles. The molecular formula is C22H25FN4O4. The van der Waals surface area contributed by atoms with Crippen molar-refractivity contribution in [3.05, 3.63) is 86.8 Å². The third-order valence-corrected chi connectivity index (χ3v) is 4.72. The molecule has 8 nitrogen and oxygen atoms in total. The molecule has 0 atom stereocenters. The Balaban J connectivity index is 1.91. The third kappa shape index (κ3) is 5.52. The van der Waals surface area contributed by atoms with E-state index < -0.39 is 17.1 Å². The van der Waals surface area contributed by atoms with Crippen molar-refractivity contribution in [1.82, 2.24) is 9.55 Å². The Morgan fingerprint density at radius 2 is 1.77 bits per heavy atom. The van der Waals surface area contributed by atoms with E-state index in [-0.39, 0.29) is 43.6 Å². The smallest absolute Gasteiger partial charge is 0.330 e. The molecule has 0 aliphatic carbocycles. The third-order valence-electron chi connectivity index (χ3n) is 4.72. The molecule has 31 heavy (non-hydrogen) atoms. The average Bonchev–Trinajstić information content (AvgIpc) is 2.75. The molecule has 0 bridgehead atoms. The van der Waals surface area contributed by atoms with Crippen LogP contribution in [0.15, 0.2) is 64.2 Å². The molecule has 2 aromatic carbocycles. The second-order valence-electron chi connectivity index (χ2n) is 6.82. The Morgan fingerprint density at radius 1 is 1.06 bits per heavy atom. The van der Waals surface area contributed by atoms with E-state index in [2.05, 4.69) is 4.98 Å². The van der Waals surface area contributed by atoms with Gasteiger partial charge in [-0.05, 0) is 17.7 Å². The Labute approximate surface area is 178 Å². The van der Waals surface area contributed by atoms with Crippen molar-refractivity contribution in [2.24, 2.45) is 0 Å². The highest BCUT2D eigenvalue weighted by Crippen LogP contribution is 2.20. The molecule has 3 N–H and O–H groups in total. The van der Waals surface area contributed by atoms with Crippen LogP contribution in [0, 0.1) is 5.82 Å². The summed E-state index contributed by atoms with van der Waals surface area (Å²) >= 11 is 0. The van der Waals surface area contributed by atoms with Crippen molar-refractivity contribution in [2.45, 2.75) is 13.1 Å². The summed E-state index contributed by atoms with van der Waals surface area (Å²) in [5, 5.41) is 0. The number of nitrogens with zero attached hydrogens (tertiary/aromatic N) is 2. The second kappa shape index (κ2) is 10.4. The monoisotopic (exact) mass is 428 g/mol. The van der Waals surface area contributed by atoms with Crippen LogP contribution in [0.3, 0.4) is 0 Å². The van der Waals surface area contributed by atoms with Gasteiger partial charge >= 0.3 is 5.69 Å². The summed E-state index contributed by atoms with van der Waals surface area (Å²) in [5.41, 5.74) is 6.11. The van der Waals surface area contributed by atoms with E-state index in [1.54, 1.807) is 17.0 Å². The number of rotatable bonds is 10. The number of halogens is 1. The van der Waals surface area contributed by atoms with Gasteiger partial charge in [0.2, 0.25) is 0 Å². The summed E-state index contributed by atoms with van der Waals surface area (Å²) in [6.45, 7) is 1.13. The molecule has 9 heteroatoms. The number of benzene rings is 2. The molecule has 3 rings (SSSR count). The summed E-state index contributed by atoms with van der Waals surface area (Å²) in [4.78, 5) is 28.9. The van der Waals surface area contributed by atoms with Gasteiger partial charge in [-0.2, -0.15) is 0 Å². The molecule has 1 aromatic heterocycles. The van der Waals surface area contributed by atoms with Crippen molar-refractivity contribution in [3.63, 3.8) is 0 Å². The van der Waals surface area contributed by atoms with E-state index in [0.29, 0.717) is 6.54 Å². The first kappa shape index (κ1) is 22.1. The van der Waals surface area contributed by atoms with Crippen molar-refractivity contribution in [2.75, 3.05) is 37.5 Å². The Bertz CT molecular complexity index is 1110. The van der Waals surface area contributed by atoms with Crippen molar-refractivity contribution in [3.8, 4) is 5.75 Å². The number of methoxy groups -OCH3 is 1. The molecule has 0 radical (unpaired) electrons. The van der Waals surface area contributed by atoms with Crippen molar-refractivity contribution >= 4 is 11.5 Å². The molecule has 0 spiro atoms. The van der Waals surface area contributed by atoms with E-state index in [4.69, 9.17) is 15.2 Å². The lowest BCUT2D eigenvalue weighted by atomic mass is 10.2. The number of hydrogen-bond donors (Lipinski definition) is 2. The van der Waals surface area contributed by atoms with Crippen molar-refractivity contribution in [1.29, 1.82) is 0 Å². The lowest BCUT2D eigenvalue weighted by Gasteiger charge is -2.26. The van der Waals surface area contributed by atoms with Gasteiger partial charge in [-0.15, -0.1) is 0 Å². The maximum Gasteiger partial charge on any atom is 0.330 e. The molecule has 3 aromatic rings. The predicted molar refractivity (Wildman–Crippen MR) is 117 cm³/mol. The number of H-pyrrole nitrogens is 1. The minimum absolute atomic E-state index is 0.0348. The van der Waals surface area contributed by atoms with Crippen LogP contribution < -0.4 is 26.6 Å². The number of anilines is 2. The van der Waals surface area contributed by atoms with Gasteiger partial charge in [0.05, 0.1) is 19.7 Å². The van der Waals surface area contributed by atoms with Gasteiger partial charge in [0.25, 0.3) is 5.56 Å². The zero-order valence-corrected chi connectivity index (χ0v) is 17.2. The molecule has 0 unspecified atom stereocenters. The van der Waals surface area contributed by atoms with Crippen molar-refractivity contribution < 1.29 is 13.9 Å². The van der Waals surface area contributed by atoms with Gasteiger partial charge in [-0.1, -0.05) is 42.5 Å². The largest absolute Gasteiger partial charge is 0.489 e. The first-order valence-corrected chi connectivity index (χ1v) is 9.79. The quantitative estimate of drug-likeness (QED) is 0.512. The molecule has 0 saturated heterocycles. The summed E-state index contributed by atoms with van der Waals surface area (Å²) in [6, 6.07) is 15.6. The first-order valence-electron chi connectivity index (χ1n) is 9.79. The van der Waals surface area contributed by atoms with Crippen LogP contribution >= 0.6 is 0 Å². The van der Waals surface area contributed by atoms with E-state index in [0.717, 1.165) is 5.56 Å². The second-order valence-corrected chi connectivity index (χ2v) is 6.82. The zero-order valence-electron chi connectivity index (χ0n) is 17.2. The van der Waals surface area contributed by atoms with Crippen LogP contribution in [0.5, 0.6) is 5.75 Å². The molecule has 0 amide bonds. The van der Waals surface area contributed by atoms with Gasteiger partial charge in [0.1, 0.15) is 18.1 Å². The number of para-hydroxylation sites is 1. The molecular weight excluding hydrogens is 403 g/mol. The van der Waals surface area contributed by atoms with Crippen LogP contribution in [0.1, 0.15) is 5.56 Å². The SMILES string of the molecule is COCCn1c(N)c(N(CCOc2ccccc2F)Cc2ccccc2)c(=O)[nH]c1=O. The Hall–Kier alpha value is -3.59. The molecule has 0 aliphatic rings. The highest BCUT2D eigenvalue weighted by Gasteiger charge is 2.19. The van der Waals surface area contributed by atoms with E-state index in [1.807, 2.05) is 30.3 Å². The van der Waals surface area contributed by atoms with E-state index >= 15 is 0 Å². The average molecular weight is 428 g/mol. The lowest BCUT2D eigenvalue weighted by molar-refractivity contribution is 0.186. The summed E-state index contributed by atoms with van der Waals surface area (Å²) < 4.78 is 25.7. The normalized spacial score (nSPS) is 10.8. The highest BCUT2D eigenvalue weighted by molar-refractivity contribution is 5.62. The number of nitrogens with one attached hydrogen (secondary N) is 1. The highest BCUT2D eigenvalue weighted by atomic mass is 19.1. The van der Waals surface area contributed by atoms with E-state index in [9.17, 15) is 14.0 Å². The molecule has 1 heterocycles. The minimum Gasteiger partial charge on any atom is -0.489 e. The Morgan fingerprint density at radius 3 is 2.48 bits per heavy atom. The number of aromatic amines is 1. The number of ether oxygens (including phenoxy) is 2. The fourth-order valence-electron chi connectivity index (χ4n) is 3.19. The van der Waals surface area contributed by atoms with Gasteiger partial charge in [-0.3, -0.25) is 14.3 Å². The van der Waals surface area contributed by atoms with Crippen LogP contribution in [0.25, 0.3) is 0 Å². The van der Waals surface area contributed by atoms with Crippen LogP contribution in [0.4, 0.5) is 15.9 Å². The number of aromatic nitrogens is 2. The summed E-state index contributed by atoms with van der Waals surface area (Å²) in [7, 11) is 1.51. The van der Waals surface area contributed by atoms with Crippen LogP contribution in [-0.2, 0) is 17.8 Å². The first-order chi connectivity index (χ1) is 15.0. The molecule has 164 valence electrons. The lowest BCUT2D eigenvalue weighted by Crippen LogP contribution is -2.40. The van der Waals surface area contributed by atoms with Gasteiger partial charge in [-0.25, -0.2) is 9.18 Å². The summed E-state index contributed by atoms with van der Waals surface area (Å²) in [6.07, 6.45) is 0. The van der Waals surface area contributed by atoms with Gasteiger partial charge in [0.15, 0.2) is 11.6 Å².